The van der Waals surface area contributed by atoms with E-state index < -0.39 is 21.3 Å². The Labute approximate surface area is 95.9 Å². The van der Waals surface area contributed by atoms with E-state index in [1.165, 1.54) is 0 Å². The van der Waals surface area contributed by atoms with Gasteiger partial charge in [0.05, 0.1) is 6.54 Å². The van der Waals surface area contributed by atoms with Crippen LogP contribution >= 0.6 is 15.9 Å². The number of nitrogens with one attached hydrogen (secondary N) is 1. The molecule has 7 nitrogen and oxygen atoms in total. The van der Waals surface area contributed by atoms with Crippen LogP contribution in [-0.4, -0.2) is 47.9 Å². The lowest BCUT2D eigenvalue weighted by Crippen LogP contribution is -2.31. The summed E-state index contributed by atoms with van der Waals surface area (Å²) in [4.78, 5) is 53.7. The molecule has 0 atom stereocenters. The van der Waals surface area contributed by atoms with Crippen molar-refractivity contribution in [2.45, 2.75) is 31.6 Å². The maximum atomic E-state index is 8.95. The third-order valence-corrected chi connectivity index (χ3v) is 5.91. The molecule has 0 saturated heterocycles. The normalized spacial score (nSPS) is 13.5. The summed E-state index contributed by atoms with van der Waals surface area (Å²) in [6.45, 7) is 2.32. The molecular formula is C7H21NO6P2+2. The van der Waals surface area contributed by atoms with Crippen molar-refractivity contribution in [2.75, 3.05) is 13.1 Å². The SMILES string of the molecule is CCCCCNCC([P+](O)(O)O)[P+](O)(O)O. The Balaban J connectivity index is 4.06. The molecular weight excluding hydrogens is 256 g/mol. The quantitative estimate of drug-likeness (QED) is 0.236. The molecule has 0 spiro atoms. The van der Waals surface area contributed by atoms with Gasteiger partial charge in [-0.15, -0.1) is 0 Å². The van der Waals surface area contributed by atoms with E-state index in [1.807, 2.05) is 6.92 Å². The Hall–Kier alpha value is 0.580. The summed E-state index contributed by atoms with van der Waals surface area (Å²) in [5, 5.41) is 1.01. The Morgan fingerprint density at radius 2 is 1.44 bits per heavy atom. The summed E-state index contributed by atoms with van der Waals surface area (Å²) in [5.74, 6) is 0. The van der Waals surface area contributed by atoms with Gasteiger partial charge >= 0.3 is 21.3 Å². The fraction of sp³-hybridized carbons (Fsp3) is 1.00. The molecule has 98 valence electrons. The molecule has 0 unspecified atom stereocenters. The fourth-order valence-electron chi connectivity index (χ4n) is 1.18. The molecule has 0 saturated carbocycles. The van der Waals surface area contributed by atoms with Crippen LogP contribution in [0.1, 0.15) is 26.2 Å². The van der Waals surface area contributed by atoms with E-state index in [0.717, 1.165) is 19.3 Å². The van der Waals surface area contributed by atoms with Crippen molar-refractivity contribution in [1.82, 2.24) is 5.32 Å². The summed E-state index contributed by atoms with van der Waals surface area (Å²) in [6.07, 6.45) is 2.87. The maximum absolute atomic E-state index is 8.95. The molecule has 0 radical (unpaired) electrons. The largest absolute Gasteiger partial charge is 0.456 e. The first-order valence-electron chi connectivity index (χ1n) is 5.04. The first kappa shape index (κ1) is 16.6. The van der Waals surface area contributed by atoms with Gasteiger partial charge in [-0.1, -0.05) is 19.8 Å². The summed E-state index contributed by atoms with van der Waals surface area (Å²) < 4.78 is 0. The third-order valence-electron chi connectivity index (χ3n) is 2.08. The van der Waals surface area contributed by atoms with Crippen molar-refractivity contribution in [3.8, 4) is 0 Å². The molecule has 0 aliphatic heterocycles. The highest BCUT2D eigenvalue weighted by Gasteiger charge is 2.63. The molecule has 16 heavy (non-hydrogen) atoms. The third kappa shape index (κ3) is 7.01. The van der Waals surface area contributed by atoms with Crippen molar-refractivity contribution in [3.63, 3.8) is 0 Å². The standard InChI is InChI=1S/C7H21NO6P2/c1-2-3-4-5-8-6-7(15(9,10)11)16(12,13)14/h7-14H,2-6H2,1H3/q+2. The lowest BCUT2D eigenvalue weighted by atomic mass is 10.2. The molecule has 9 heteroatoms. The lowest BCUT2D eigenvalue weighted by molar-refractivity contribution is 0.289. The first-order valence-corrected chi connectivity index (χ1v) is 8.47. The molecule has 0 aliphatic carbocycles. The molecule has 0 amide bonds. The van der Waals surface area contributed by atoms with Crippen molar-refractivity contribution >= 4 is 15.9 Å². The molecule has 0 aliphatic rings. The summed E-state index contributed by atoms with van der Waals surface area (Å²) in [6, 6.07) is 0. The highest BCUT2D eigenvalue weighted by molar-refractivity contribution is 7.77. The van der Waals surface area contributed by atoms with Gasteiger partial charge in [0.1, 0.15) is 0 Å². The Bertz CT molecular complexity index is 178. The molecule has 0 aromatic heterocycles. The molecule has 0 bridgehead atoms. The number of hydrogen-bond acceptors (Lipinski definition) is 7. The molecule has 0 aromatic carbocycles. The number of rotatable bonds is 8. The second-order valence-electron chi connectivity index (χ2n) is 3.62. The van der Waals surface area contributed by atoms with Gasteiger partial charge in [-0.2, -0.15) is 29.4 Å². The number of unbranched alkanes of at least 4 members (excludes halogenated alkanes) is 2. The van der Waals surface area contributed by atoms with Crippen LogP contribution in [0.25, 0.3) is 0 Å². The van der Waals surface area contributed by atoms with Crippen LogP contribution < -0.4 is 5.32 Å². The predicted octanol–water partition coefficient (Wildman–Crippen LogP) is -0.429. The van der Waals surface area contributed by atoms with Crippen LogP contribution in [0.2, 0.25) is 0 Å². The van der Waals surface area contributed by atoms with E-state index in [1.54, 1.807) is 0 Å². The van der Waals surface area contributed by atoms with E-state index in [0.29, 0.717) is 6.54 Å². The van der Waals surface area contributed by atoms with E-state index in [2.05, 4.69) is 5.32 Å². The minimum Gasteiger partial charge on any atom is -0.309 e. The van der Waals surface area contributed by atoms with Gasteiger partial charge < -0.3 is 5.32 Å². The Morgan fingerprint density at radius 3 is 1.81 bits per heavy atom. The summed E-state index contributed by atoms with van der Waals surface area (Å²) in [5.41, 5.74) is 0. The zero-order chi connectivity index (χ0) is 12.8. The van der Waals surface area contributed by atoms with Crippen LogP contribution in [0.3, 0.4) is 0 Å². The maximum Gasteiger partial charge on any atom is 0.456 e. The van der Waals surface area contributed by atoms with Gasteiger partial charge in [-0.25, -0.2) is 0 Å². The molecule has 7 N–H and O–H groups in total. The summed E-state index contributed by atoms with van der Waals surface area (Å²) >= 11 is 0. The summed E-state index contributed by atoms with van der Waals surface area (Å²) in [7, 11) is -8.93. The van der Waals surface area contributed by atoms with Gasteiger partial charge in [0, 0.05) is 0 Å². The highest BCUT2D eigenvalue weighted by Crippen LogP contribution is 2.68. The Kier molecular flexibility index (Phi) is 7.37. The van der Waals surface area contributed by atoms with Crippen molar-refractivity contribution in [1.29, 1.82) is 0 Å². The van der Waals surface area contributed by atoms with E-state index >= 15 is 0 Å². The van der Waals surface area contributed by atoms with Crippen molar-refractivity contribution in [3.05, 3.63) is 0 Å². The zero-order valence-corrected chi connectivity index (χ0v) is 11.0. The van der Waals surface area contributed by atoms with Crippen molar-refractivity contribution in [2.24, 2.45) is 0 Å². The highest BCUT2D eigenvalue weighted by atomic mass is 31.3. The Morgan fingerprint density at radius 1 is 0.938 bits per heavy atom. The van der Waals surface area contributed by atoms with Gasteiger partial charge in [0.2, 0.25) is 0 Å². The van der Waals surface area contributed by atoms with E-state index in [4.69, 9.17) is 29.4 Å². The number of hydrogen-bond donors (Lipinski definition) is 7. The topological polar surface area (TPSA) is 133 Å². The second kappa shape index (κ2) is 7.11. The molecule has 0 rings (SSSR count). The van der Waals surface area contributed by atoms with Crippen LogP contribution in [0, 0.1) is 0 Å². The lowest BCUT2D eigenvalue weighted by Gasteiger charge is -2.17. The minimum absolute atomic E-state index is 0.252. The predicted molar refractivity (Wildman–Crippen MR) is 63.3 cm³/mol. The smallest absolute Gasteiger partial charge is 0.309 e. The minimum atomic E-state index is -4.47. The van der Waals surface area contributed by atoms with Crippen LogP contribution in [-0.2, 0) is 0 Å². The zero-order valence-electron chi connectivity index (χ0n) is 9.19. The first-order chi connectivity index (χ1) is 7.19. The van der Waals surface area contributed by atoms with Crippen LogP contribution in [0.5, 0.6) is 0 Å². The molecule has 0 heterocycles. The average Bonchev–Trinajstić information content (AvgIpc) is 2.06. The second-order valence-corrected chi connectivity index (χ2v) is 7.73. The van der Waals surface area contributed by atoms with Gasteiger partial charge in [0.25, 0.3) is 0 Å². The van der Waals surface area contributed by atoms with Gasteiger partial charge in [-0.05, 0) is 13.0 Å². The monoisotopic (exact) mass is 277 g/mol. The van der Waals surface area contributed by atoms with Crippen LogP contribution in [0.15, 0.2) is 0 Å². The average molecular weight is 277 g/mol. The van der Waals surface area contributed by atoms with Crippen LogP contribution in [0.4, 0.5) is 0 Å². The molecule has 0 fully saturated rings. The van der Waals surface area contributed by atoms with E-state index in [-0.39, 0.29) is 6.54 Å². The van der Waals surface area contributed by atoms with Crippen molar-refractivity contribution < 1.29 is 29.4 Å². The van der Waals surface area contributed by atoms with E-state index in [9.17, 15) is 0 Å². The molecule has 0 aromatic rings. The van der Waals surface area contributed by atoms with Gasteiger partial charge in [0.15, 0.2) is 0 Å². The fourth-order valence-corrected chi connectivity index (χ4v) is 3.59. The van der Waals surface area contributed by atoms with Gasteiger partial charge in [-0.3, -0.25) is 0 Å².